The Labute approximate surface area is 58.6 Å². The van der Waals surface area contributed by atoms with Crippen molar-refractivity contribution >= 4 is 0 Å². The van der Waals surface area contributed by atoms with Crippen molar-refractivity contribution in [3.05, 3.63) is 35.4 Å². The van der Waals surface area contributed by atoms with E-state index in [1.807, 2.05) is 0 Å². The van der Waals surface area contributed by atoms with Crippen molar-refractivity contribution in [3.8, 4) is 0 Å². The summed E-state index contributed by atoms with van der Waals surface area (Å²) in [4.78, 5) is 0. The standard InChI is InChI=1S/C8H10/c1-7-3-5-8(2)6-4-7/h3-6H,1-2H3/i1D3,2D3. The minimum atomic E-state index is -2.17. The van der Waals surface area contributed by atoms with E-state index in [2.05, 4.69) is 0 Å². The molecule has 0 fully saturated rings. The lowest BCUT2D eigenvalue weighted by atomic mass is 10.2. The second kappa shape index (κ2) is 1.99. The van der Waals surface area contributed by atoms with E-state index in [0.29, 0.717) is 0 Å². The van der Waals surface area contributed by atoms with Gasteiger partial charge in [0, 0.05) is 8.22 Å². The molecule has 0 saturated carbocycles. The summed E-state index contributed by atoms with van der Waals surface area (Å²) in [6, 6.07) is 5.31. The van der Waals surface area contributed by atoms with E-state index in [0.717, 1.165) is 0 Å². The normalized spacial score (nSPS) is 23.5. The zero-order valence-electron chi connectivity index (χ0n) is 10.3. The first kappa shape index (κ1) is 1.60. The second-order valence-corrected chi connectivity index (χ2v) is 1.58. The summed E-state index contributed by atoms with van der Waals surface area (Å²) in [7, 11) is 0. The molecule has 0 aromatic heterocycles. The highest BCUT2D eigenvalue weighted by Crippen LogP contribution is 1.99. The summed E-state index contributed by atoms with van der Waals surface area (Å²) >= 11 is 0. The van der Waals surface area contributed by atoms with Crippen LogP contribution in [0.25, 0.3) is 0 Å². The summed E-state index contributed by atoms with van der Waals surface area (Å²) in [6.45, 7) is -4.35. The third kappa shape index (κ3) is 1.09. The smallest absolute Gasteiger partial charge is 0.0280 e. The fourth-order valence-corrected chi connectivity index (χ4v) is 0.470. The molecule has 42 valence electrons. The molecule has 0 spiro atoms. The number of aryl methyl sites for hydroxylation is 2. The zero-order chi connectivity index (χ0) is 11.0. The summed E-state index contributed by atoms with van der Waals surface area (Å²) in [6.07, 6.45) is 0. The Morgan fingerprint density at radius 1 is 1.00 bits per heavy atom. The maximum absolute atomic E-state index is 7.09. The van der Waals surface area contributed by atoms with Crippen molar-refractivity contribution in [2.45, 2.75) is 13.7 Å². The van der Waals surface area contributed by atoms with Gasteiger partial charge in [-0.05, 0) is 13.7 Å². The van der Waals surface area contributed by atoms with Gasteiger partial charge in [0.1, 0.15) is 0 Å². The summed E-state index contributed by atoms with van der Waals surface area (Å²) < 4.78 is 42.6. The van der Waals surface area contributed by atoms with E-state index in [-0.39, 0.29) is 11.1 Å². The summed E-state index contributed by atoms with van der Waals surface area (Å²) in [5, 5.41) is 0. The first-order chi connectivity index (χ1) is 6.21. The lowest BCUT2D eigenvalue weighted by Gasteiger charge is -1.90. The Morgan fingerprint density at radius 3 is 1.62 bits per heavy atom. The van der Waals surface area contributed by atoms with E-state index in [1.165, 1.54) is 24.3 Å². The van der Waals surface area contributed by atoms with Crippen molar-refractivity contribution in [2.75, 3.05) is 0 Å². The van der Waals surface area contributed by atoms with Crippen LogP contribution in [-0.2, 0) is 0 Å². The number of hydrogen-bond acceptors (Lipinski definition) is 0. The molecule has 0 N–H and O–H groups in total. The zero-order valence-corrected chi connectivity index (χ0v) is 4.31. The van der Waals surface area contributed by atoms with Crippen LogP contribution in [0.4, 0.5) is 0 Å². The Kier molecular flexibility index (Phi) is 0.398. The Hall–Kier alpha value is -0.780. The van der Waals surface area contributed by atoms with Crippen LogP contribution in [0.3, 0.4) is 0 Å². The molecule has 0 heteroatoms. The molecule has 1 aromatic carbocycles. The molecule has 8 heavy (non-hydrogen) atoms. The molecule has 0 saturated heterocycles. The van der Waals surface area contributed by atoms with Crippen molar-refractivity contribution in [1.82, 2.24) is 0 Å². The highest BCUT2D eigenvalue weighted by molar-refractivity contribution is 5.19. The lowest BCUT2D eigenvalue weighted by Crippen LogP contribution is -1.70. The average molecular weight is 112 g/mol. The molecule has 0 aliphatic heterocycles. The van der Waals surface area contributed by atoms with Gasteiger partial charge in [0.25, 0.3) is 0 Å². The Bertz CT molecular complexity index is 271. The molecule has 0 aliphatic carbocycles. The average Bonchev–Trinajstić information content (AvgIpc) is 2.01. The maximum Gasteiger partial charge on any atom is 0.0280 e. The third-order valence-electron chi connectivity index (χ3n) is 0.885. The minimum absolute atomic E-state index is 0.158. The van der Waals surface area contributed by atoms with Crippen molar-refractivity contribution in [1.29, 1.82) is 0 Å². The van der Waals surface area contributed by atoms with E-state index < -0.39 is 13.7 Å². The van der Waals surface area contributed by atoms with Gasteiger partial charge in [-0.3, -0.25) is 0 Å². The molecule has 0 atom stereocenters. The van der Waals surface area contributed by atoms with Gasteiger partial charge in [-0.2, -0.15) is 0 Å². The van der Waals surface area contributed by atoms with Gasteiger partial charge in [0.05, 0.1) is 0 Å². The van der Waals surface area contributed by atoms with Crippen LogP contribution in [0.2, 0.25) is 0 Å². The second-order valence-electron chi connectivity index (χ2n) is 1.58. The first-order valence-electron chi connectivity index (χ1n) is 5.32. The molecule has 1 aromatic rings. The molecule has 1 rings (SSSR count). The van der Waals surface area contributed by atoms with Gasteiger partial charge in [0.2, 0.25) is 0 Å². The fraction of sp³-hybridized carbons (Fsp3) is 0.250. The van der Waals surface area contributed by atoms with Crippen molar-refractivity contribution in [2.24, 2.45) is 0 Å². The molecule has 0 radical (unpaired) electrons. The van der Waals surface area contributed by atoms with E-state index in [9.17, 15) is 0 Å². The predicted octanol–water partition coefficient (Wildman–Crippen LogP) is 2.30. The van der Waals surface area contributed by atoms with Crippen LogP contribution in [0.15, 0.2) is 24.3 Å². The van der Waals surface area contributed by atoms with Crippen molar-refractivity contribution in [3.63, 3.8) is 0 Å². The van der Waals surface area contributed by atoms with Gasteiger partial charge in [0.15, 0.2) is 0 Å². The maximum atomic E-state index is 7.09. The molecule has 0 heterocycles. The molecular weight excluding hydrogens is 96.1 g/mol. The SMILES string of the molecule is [2H]C([2H])([2H])c1ccc(C([2H])([2H])[2H])cc1. The minimum Gasteiger partial charge on any atom is -0.0591 e. The highest BCUT2D eigenvalue weighted by Gasteiger charge is 1.79. The predicted molar refractivity (Wildman–Crippen MR) is 35.9 cm³/mol. The van der Waals surface area contributed by atoms with Crippen LogP contribution in [-0.4, -0.2) is 0 Å². The van der Waals surface area contributed by atoms with Crippen LogP contribution in [0.1, 0.15) is 19.4 Å². The highest BCUT2D eigenvalue weighted by atomic mass is 13.9. The topological polar surface area (TPSA) is 0 Å². The fourth-order valence-electron chi connectivity index (χ4n) is 0.470. The van der Waals surface area contributed by atoms with E-state index in [1.54, 1.807) is 0 Å². The van der Waals surface area contributed by atoms with E-state index in [4.69, 9.17) is 8.22 Å². The third-order valence-corrected chi connectivity index (χ3v) is 0.885. The quantitative estimate of drug-likeness (QED) is 0.483. The summed E-state index contributed by atoms with van der Waals surface area (Å²) in [5.74, 6) is 0. The number of hydrogen-bond donors (Lipinski definition) is 0. The Balaban J connectivity index is 3.02. The van der Waals surface area contributed by atoms with Crippen LogP contribution in [0, 0.1) is 13.7 Å². The summed E-state index contributed by atoms with van der Waals surface area (Å²) in [5.41, 5.74) is 0.316. The van der Waals surface area contributed by atoms with Crippen LogP contribution in [0.5, 0.6) is 0 Å². The van der Waals surface area contributed by atoms with Crippen molar-refractivity contribution < 1.29 is 8.22 Å². The molecule has 0 bridgehead atoms. The monoisotopic (exact) mass is 112 g/mol. The molecule has 0 amide bonds. The molecule has 0 nitrogen and oxygen atoms in total. The Morgan fingerprint density at radius 2 is 1.38 bits per heavy atom. The first-order valence-corrected chi connectivity index (χ1v) is 2.32. The van der Waals surface area contributed by atoms with Crippen LogP contribution >= 0.6 is 0 Å². The van der Waals surface area contributed by atoms with Gasteiger partial charge in [-0.15, -0.1) is 0 Å². The van der Waals surface area contributed by atoms with Crippen LogP contribution < -0.4 is 0 Å². The number of rotatable bonds is 0. The molecule has 0 aliphatic rings. The molecular formula is C8H10. The van der Waals surface area contributed by atoms with Gasteiger partial charge in [-0.25, -0.2) is 0 Å². The van der Waals surface area contributed by atoms with Gasteiger partial charge < -0.3 is 0 Å². The van der Waals surface area contributed by atoms with Gasteiger partial charge in [-0.1, -0.05) is 35.4 Å². The van der Waals surface area contributed by atoms with E-state index >= 15 is 0 Å². The lowest BCUT2D eigenvalue weighted by molar-refractivity contribution is 1.40. The number of benzene rings is 1. The molecule has 0 unspecified atom stereocenters. The largest absolute Gasteiger partial charge is 0.0591 e. The van der Waals surface area contributed by atoms with Gasteiger partial charge >= 0.3 is 0 Å².